The van der Waals surface area contributed by atoms with E-state index in [1.165, 1.54) is 26.7 Å². The molecule has 0 amide bonds. The largest absolute Gasteiger partial charge is 0.462 e. The number of rotatable bonds is 2. The van der Waals surface area contributed by atoms with Gasteiger partial charge in [-0.25, -0.2) is 0 Å². The maximum atomic E-state index is 11.6. The minimum absolute atomic E-state index is 0.0127. The molecule has 1 heterocycles. The summed E-state index contributed by atoms with van der Waals surface area (Å²) in [5.41, 5.74) is 0.123. The van der Waals surface area contributed by atoms with Crippen LogP contribution < -0.4 is 0 Å². The number of hydrogen-bond donors (Lipinski definition) is 0. The van der Waals surface area contributed by atoms with Crippen LogP contribution in [0, 0.1) is 29.1 Å². The summed E-state index contributed by atoms with van der Waals surface area (Å²) < 4.78 is 17.6. The lowest BCUT2D eigenvalue weighted by Gasteiger charge is -2.54. The quantitative estimate of drug-likeness (QED) is 0.544. The van der Waals surface area contributed by atoms with Crippen LogP contribution >= 0.6 is 0 Å². The molecule has 0 aromatic heterocycles. The predicted molar refractivity (Wildman–Crippen MR) is 97.7 cm³/mol. The van der Waals surface area contributed by atoms with Crippen molar-refractivity contribution in [2.75, 3.05) is 0 Å². The Morgan fingerprint density at radius 3 is 2.41 bits per heavy atom. The van der Waals surface area contributed by atoms with Crippen molar-refractivity contribution in [3.63, 3.8) is 0 Å². The minimum atomic E-state index is -0.170. The van der Waals surface area contributed by atoms with E-state index in [4.69, 9.17) is 14.2 Å². The SMILES string of the molecule is CC(=O)O[C@H]1CC[C@@H]2[C@H]3CC[C@]4(C)[C@@H](OC(C)=O)CC[C@H]4[C@@H]3C[C@@H]3O[C@@]32C1. The number of carbonyl (C=O) groups excluding carboxylic acids is 2. The minimum Gasteiger partial charge on any atom is -0.462 e. The lowest BCUT2D eigenvalue weighted by atomic mass is 9.50. The van der Waals surface area contributed by atoms with Crippen LogP contribution in [-0.2, 0) is 23.8 Å². The molecule has 27 heavy (non-hydrogen) atoms. The number of ether oxygens (including phenoxy) is 3. The summed E-state index contributed by atoms with van der Waals surface area (Å²) in [6.07, 6.45) is 9.16. The van der Waals surface area contributed by atoms with E-state index in [0.717, 1.165) is 44.4 Å². The molecule has 0 unspecified atom stereocenters. The second-order valence-electron chi connectivity index (χ2n) is 10.1. The van der Waals surface area contributed by atoms with Gasteiger partial charge in [0.15, 0.2) is 0 Å². The smallest absolute Gasteiger partial charge is 0.302 e. The normalized spacial score (nSPS) is 52.6. The van der Waals surface area contributed by atoms with Crippen molar-refractivity contribution >= 4 is 11.9 Å². The fourth-order valence-electron chi connectivity index (χ4n) is 7.86. The molecule has 0 bridgehead atoms. The molecule has 4 aliphatic carbocycles. The van der Waals surface area contributed by atoms with E-state index >= 15 is 0 Å². The van der Waals surface area contributed by atoms with Gasteiger partial charge in [0.1, 0.15) is 17.8 Å². The van der Waals surface area contributed by atoms with E-state index in [9.17, 15) is 9.59 Å². The molecule has 9 atom stereocenters. The van der Waals surface area contributed by atoms with Crippen molar-refractivity contribution in [2.24, 2.45) is 29.1 Å². The zero-order valence-electron chi connectivity index (χ0n) is 16.7. The zero-order chi connectivity index (χ0) is 19.0. The summed E-state index contributed by atoms with van der Waals surface area (Å²) in [7, 11) is 0. The van der Waals surface area contributed by atoms with Gasteiger partial charge in [-0.2, -0.15) is 0 Å². The van der Waals surface area contributed by atoms with E-state index in [-0.39, 0.29) is 35.2 Å². The van der Waals surface area contributed by atoms with E-state index in [2.05, 4.69) is 6.92 Å². The molecular formula is C22H32O5. The molecular weight excluding hydrogens is 344 g/mol. The molecule has 0 aromatic rings. The van der Waals surface area contributed by atoms with Crippen LogP contribution in [-0.4, -0.2) is 35.9 Å². The highest BCUT2D eigenvalue weighted by Crippen LogP contribution is 2.69. The highest BCUT2D eigenvalue weighted by molar-refractivity contribution is 5.66. The molecule has 1 saturated heterocycles. The van der Waals surface area contributed by atoms with Gasteiger partial charge in [-0.3, -0.25) is 9.59 Å². The Labute approximate surface area is 161 Å². The van der Waals surface area contributed by atoms with Gasteiger partial charge in [-0.05, 0) is 68.6 Å². The third-order valence-electron chi connectivity index (χ3n) is 8.87. The summed E-state index contributed by atoms with van der Waals surface area (Å²) in [6.45, 7) is 5.41. The number of hydrogen-bond acceptors (Lipinski definition) is 5. The molecule has 5 heteroatoms. The molecule has 0 N–H and O–H groups in total. The first-order valence-electron chi connectivity index (χ1n) is 10.9. The van der Waals surface area contributed by atoms with Crippen molar-refractivity contribution in [3.8, 4) is 0 Å². The number of esters is 2. The van der Waals surface area contributed by atoms with Crippen LogP contribution in [0.25, 0.3) is 0 Å². The topological polar surface area (TPSA) is 65.1 Å². The third kappa shape index (κ3) is 2.60. The molecule has 4 saturated carbocycles. The first-order valence-corrected chi connectivity index (χ1v) is 10.9. The molecule has 5 nitrogen and oxygen atoms in total. The Kier molecular flexibility index (Phi) is 3.96. The van der Waals surface area contributed by atoms with Gasteiger partial charge in [0, 0.05) is 25.7 Å². The van der Waals surface area contributed by atoms with Crippen LogP contribution in [0.4, 0.5) is 0 Å². The van der Waals surface area contributed by atoms with E-state index < -0.39 is 0 Å². The summed E-state index contributed by atoms with van der Waals surface area (Å²) in [5.74, 6) is 2.37. The second-order valence-corrected chi connectivity index (χ2v) is 10.1. The average Bonchev–Trinajstić information content (AvgIpc) is 3.17. The van der Waals surface area contributed by atoms with E-state index in [1.807, 2.05) is 0 Å². The van der Waals surface area contributed by atoms with Gasteiger partial charge in [-0.15, -0.1) is 0 Å². The maximum absolute atomic E-state index is 11.6. The maximum Gasteiger partial charge on any atom is 0.302 e. The lowest BCUT2D eigenvalue weighted by Crippen LogP contribution is -2.53. The zero-order valence-corrected chi connectivity index (χ0v) is 16.7. The Morgan fingerprint density at radius 2 is 1.67 bits per heavy atom. The monoisotopic (exact) mass is 376 g/mol. The van der Waals surface area contributed by atoms with Crippen molar-refractivity contribution < 1.29 is 23.8 Å². The van der Waals surface area contributed by atoms with Crippen LogP contribution in [0.1, 0.15) is 72.1 Å². The number of epoxide rings is 1. The van der Waals surface area contributed by atoms with Crippen LogP contribution in [0.2, 0.25) is 0 Å². The standard InChI is InChI=1S/C22H32O5/c1-12(23)25-14-4-5-18-15-8-9-21(3)17(6-7-19(21)26-13(2)24)16(15)10-20-22(18,11-14)27-20/h14-20H,4-11H2,1-3H3/t14-,15-,16+,17-,18+,19-,20-,21-,22+/m0/s1. The molecule has 5 rings (SSSR count). The predicted octanol–water partition coefficient (Wildman–Crippen LogP) is 3.63. The first kappa shape index (κ1) is 18.0. The Bertz CT molecular complexity index is 661. The van der Waals surface area contributed by atoms with Crippen LogP contribution in [0.3, 0.4) is 0 Å². The van der Waals surface area contributed by atoms with Gasteiger partial charge in [0.2, 0.25) is 0 Å². The number of carbonyl (C=O) groups is 2. The molecule has 0 radical (unpaired) electrons. The third-order valence-corrected chi connectivity index (χ3v) is 8.87. The van der Waals surface area contributed by atoms with E-state index in [1.54, 1.807) is 0 Å². The lowest BCUT2D eigenvalue weighted by molar-refractivity contribution is -0.157. The molecule has 0 aromatic carbocycles. The number of fused-ring (bicyclic) bond motifs is 4. The summed E-state index contributed by atoms with van der Waals surface area (Å²) in [5, 5.41) is 0. The Morgan fingerprint density at radius 1 is 0.926 bits per heavy atom. The summed E-state index contributed by atoms with van der Waals surface area (Å²) in [6, 6.07) is 0. The van der Waals surface area contributed by atoms with Crippen molar-refractivity contribution in [1.29, 1.82) is 0 Å². The van der Waals surface area contributed by atoms with Crippen molar-refractivity contribution in [2.45, 2.75) is 96.1 Å². The van der Waals surface area contributed by atoms with Gasteiger partial charge in [0.05, 0.1) is 6.10 Å². The average molecular weight is 376 g/mol. The Balaban J connectivity index is 1.35. The first-order chi connectivity index (χ1) is 12.8. The van der Waals surface area contributed by atoms with Gasteiger partial charge < -0.3 is 14.2 Å². The highest BCUT2D eigenvalue weighted by atomic mass is 16.6. The van der Waals surface area contributed by atoms with E-state index in [0.29, 0.717) is 23.9 Å². The molecule has 5 fully saturated rings. The van der Waals surface area contributed by atoms with Gasteiger partial charge >= 0.3 is 11.9 Å². The summed E-state index contributed by atoms with van der Waals surface area (Å²) in [4.78, 5) is 23.0. The fourth-order valence-corrected chi connectivity index (χ4v) is 7.86. The summed E-state index contributed by atoms with van der Waals surface area (Å²) >= 11 is 0. The molecule has 5 aliphatic rings. The molecule has 150 valence electrons. The Hall–Kier alpha value is -1.10. The van der Waals surface area contributed by atoms with Crippen molar-refractivity contribution in [3.05, 3.63) is 0 Å². The van der Waals surface area contributed by atoms with Crippen molar-refractivity contribution in [1.82, 2.24) is 0 Å². The molecule has 1 aliphatic heterocycles. The van der Waals surface area contributed by atoms with Crippen LogP contribution in [0.5, 0.6) is 0 Å². The van der Waals surface area contributed by atoms with Gasteiger partial charge in [0.25, 0.3) is 0 Å². The van der Waals surface area contributed by atoms with Gasteiger partial charge in [-0.1, -0.05) is 6.92 Å². The molecule has 1 spiro atoms. The highest BCUT2D eigenvalue weighted by Gasteiger charge is 2.71. The fraction of sp³-hybridized carbons (Fsp3) is 0.909. The van der Waals surface area contributed by atoms with Crippen LogP contribution in [0.15, 0.2) is 0 Å². The second kappa shape index (κ2) is 5.95.